The number of imidazole rings is 1. The van der Waals surface area contributed by atoms with E-state index in [0.717, 1.165) is 5.56 Å². The lowest BCUT2D eigenvalue weighted by Crippen LogP contribution is -2.32. The van der Waals surface area contributed by atoms with Gasteiger partial charge in [0.25, 0.3) is 5.91 Å². The summed E-state index contributed by atoms with van der Waals surface area (Å²) in [6, 6.07) is 15.0. The maximum absolute atomic E-state index is 13.4. The Balaban J connectivity index is 1.34. The van der Waals surface area contributed by atoms with Crippen molar-refractivity contribution in [3.8, 4) is 16.9 Å². The number of carbonyl (C=O) groups excluding carboxylic acids is 3. The van der Waals surface area contributed by atoms with Gasteiger partial charge in [0.05, 0.1) is 24.5 Å². The van der Waals surface area contributed by atoms with E-state index >= 15 is 0 Å². The van der Waals surface area contributed by atoms with Crippen molar-refractivity contribution in [1.29, 1.82) is 0 Å². The van der Waals surface area contributed by atoms with Gasteiger partial charge < -0.3 is 25.3 Å². The Kier molecular flexibility index (Phi) is 9.38. The molecule has 4 heterocycles. The Morgan fingerprint density at radius 1 is 1.10 bits per heavy atom. The molecule has 6 rings (SSSR count). The van der Waals surface area contributed by atoms with E-state index < -0.39 is 18.0 Å². The minimum Gasteiger partial charge on any atom is -0.453 e. The molecule has 0 saturated heterocycles. The van der Waals surface area contributed by atoms with Crippen LogP contribution >= 0.6 is 11.6 Å². The molecule has 1 aliphatic heterocycles. The Bertz CT molecular complexity index is 1990. The molecule has 4 bridgehead atoms. The zero-order chi connectivity index (χ0) is 33.6. The van der Waals surface area contributed by atoms with Crippen LogP contribution in [0.3, 0.4) is 0 Å². The molecule has 16 heteroatoms. The van der Waals surface area contributed by atoms with Gasteiger partial charge >= 0.3 is 6.09 Å². The molecule has 0 radical (unpaired) electrons. The second kappa shape index (κ2) is 14.1. The van der Waals surface area contributed by atoms with E-state index in [1.165, 1.54) is 24.2 Å². The van der Waals surface area contributed by atoms with Crippen molar-refractivity contribution in [2.24, 2.45) is 0 Å². The normalized spacial score (nSPS) is 14.8. The number of likely N-dealkylation sites (N-methyl/N-ethyl adjacent to an activating group) is 1. The summed E-state index contributed by atoms with van der Waals surface area (Å²) in [7, 11) is 2.99. The van der Waals surface area contributed by atoms with Gasteiger partial charge in [-0.25, -0.2) is 14.8 Å². The number of hydrogen-bond acceptors (Lipinski definition) is 10. The standard InChI is InChI=1S/C32H30ClN11O4/c1-43-13-12-34-25-15-22(38-32(47)48-2)8-9-23(25)27-17-35-30(40-27)26(16-21-4-3-5-24(37-21)31(43)46)39-29(45)11-6-19-14-20(33)7-10-28(19)44-18-36-41-42-44/h3-11,14-15,17-18,26,34H,12-13,16H2,1-2H3,(H,35,40)(H,38,47)(H,39,45)/b11-6+. The predicted octanol–water partition coefficient (Wildman–Crippen LogP) is 3.89. The third-order valence-corrected chi connectivity index (χ3v) is 7.75. The second-order valence-electron chi connectivity index (χ2n) is 10.8. The molecule has 1 aliphatic rings. The van der Waals surface area contributed by atoms with Crippen LogP contribution in [0.2, 0.25) is 5.02 Å². The highest BCUT2D eigenvalue weighted by Gasteiger charge is 2.22. The number of rotatable bonds is 5. The Morgan fingerprint density at radius 3 is 2.79 bits per heavy atom. The first-order chi connectivity index (χ1) is 23.3. The molecule has 0 aliphatic carbocycles. The number of anilines is 2. The van der Waals surface area contributed by atoms with E-state index in [1.807, 2.05) is 6.07 Å². The number of pyridine rings is 1. The zero-order valence-electron chi connectivity index (χ0n) is 25.8. The summed E-state index contributed by atoms with van der Waals surface area (Å²) in [5.41, 5.74) is 4.61. The van der Waals surface area contributed by atoms with Gasteiger partial charge in [-0.15, -0.1) is 5.10 Å². The van der Waals surface area contributed by atoms with E-state index in [-0.39, 0.29) is 18.0 Å². The van der Waals surface area contributed by atoms with E-state index in [4.69, 9.17) is 21.3 Å². The molecular weight excluding hydrogens is 638 g/mol. The first kappa shape index (κ1) is 31.9. The second-order valence-corrected chi connectivity index (χ2v) is 11.2. The van der Waals surface area contributed by atoms with Crippen LogP contribution < -0.4 is 16.0 Å². The third-order valence-electron chi connectivity index (χ3n) is 7.52. The monoisotopic (exact) mass is 667 g/mol. The molecule has 5 aromatic rings. The number of ether oxygens (including phenoxy) is 1. The quantitative estimate of drug-likeness (QED) is 0.200. The highest BCUT2D eigenvalue weighted by molar-refractivity contribution is 6.30. The smallest absolute Gasteiger partial charge is 0.411 e. The van der Waals surface area contributed by atoms with Crippen LogP contribution in [0.25, 0.3) is 23.0 Å². The van der Waals surface area contributed by atoms with Crippen molar-refractivity contribution in [3.05, 3.63) is 101 Å². The number of fused-ring (bicyclic) bond motifs is 6. The number of amides is 3. The largest absolute Gasteiger partial charge is 0.453 e. The van der Waals surface area contributed by atoms with Crippen LogP contribution in [0.5, 0.6) is 0 Å². The first-order valence-corrected chi connectivity index (χ1v) is 15.2. The summed E-state index contributed by atoms with van der Waals surface area (Å²) >= 11 is 6.25. The minimum absolute atomic E-state index is 0.234. The number of aromatic nitrogens is 7. The molecule has 1 unspecified atom stereocenters. The van der Waals surface area contributed by atoms with Crippen LogP contribution in [0, 0.1) is 0 Å². The summed E-state index contributed by atoms with van der Waals surface area (Å²) in [5, 5.41) is 20.8. The van der Waals surface area contributed by atoms with Crippen molar-refractivity contribution in [2.45, 2.75) is 12.5 Å². The average molecular weight is 668 g/mol. The molecule has 0 spiro atoms. The lowest BCUT2D eigenvalue weighted by molar-refractivity contribution is -0.117. The fraction of sp³-hybridized carbons (Fsp3) is 0.188. The highest BCUT2D eigenvalue weighted by Crippen LogP contribution is 2.31. The molecule has 244 valence electrons. The summed E-state index contributed by atoms with van der Waals surface area (Å²) < 4.78 is 6.21. The van der Waals surface area contributed by atoms with Gasteiger partial charge in [-0.05, 0) is 65.0 Å². The molecule has 4 N–H and O–H groups in total. The van der Waals surface area contributed by atoms with Gasteiger partial charge in [0.1, 0.15) is 17.8 Å². The first-order valence-electron chi connectivity index (χ1n) is 14.8. The Labute approximate surface area is 279 Å². The Morgan fingerprint density at radius 2 is 1.98 bits per heavy atom. The number of tetrazole rings is 1. The number of carbonyl (C=O) groups is 3. The third kappa shape index (κ3) is 7.31. The SMILES string of the molecule is COC(=O)Nc1ccc2c(c1)NCCN(C)C(=O)c1cccc(n1)CC(NC(=O)/C=C/c1cc(Cl)ccc1-n1cnnn1)c1nc-2c[nH]1. The maximum Gasteiger partial charge on any atom is 0.411 e. The molecule has 0 saturated carbocycles. The minimum atomic E-state index is -0.661. The average Bonchev–Trinajstić information content (AvgIpc) is 3.80. The fourth-order valence-electron chi connectivity index (χ4n) is 5.13. The number of hydrogen-bond donors (Lipinski definition) is 4. The zero-order valence-corrected chi connectivity index (χ0v) is 26.6. The molecule has 15 nitrogen and oxygen atoms in total. The molecule has 0 fully saturated rings. The van der Waals surface area contributed by atoms with Gasteiger partial charge in [-0.3, -0.25) is 14.9 Å². The molecule has 48 heavy (non-hydrogen) atoms. The number of benzene rings is 2. The number of aromatic amines is 1. The number of nitrogens with zero attached hydrogens (tertiary/aromatic N) is 7. The number of nitrogens with one attached hydrogen (secondary N) is 4. The predicted molar refractivity (Wildman–Crippen MR) is 178 cm³/mol. The van der Waals surface area contributed by atoms with Crippen LogP contribution in [0.1, 0.15) is 33.6 Å². The number of H-pyrrole nitrogens is 1. The van der Waals surface area contributed by atoms with Crippen molar-refractivity contribution in [2.75, 3.05) is 37.9 Å². The van der Waals surface area contributed by atoms with Gasteiger partial charge in [0.15, 0.2) is 0 Å². The van der Waals surface area contributed by atoms with Crippen LogP contribution in [-0.2, 0) is 16.0 Å². The van der Waals surface area contributed by atoms with E-state index in [2.05, 4.69) is 41.4 Å². The lowest BCUT2D eigenvalue weighted by atomic mass is 10.1. The van der Waals surface area contributed by atoms with Gasteiger partial charge in [-0.1, -0.05) is 17.7 Å². The van der Waals surface area contributed by atoms with Crippen molar-refractivity contribution in [3.63, 3.8) is 0 Å². The molecule has 2 aromatic carbocycles. The van der Waals surface area contributed by atoms with Crippen molar-refractivity contribution < 1.29 is 19.1 Å². The summed E-state index contributed by atoms with van der Waals surface area (Å²) in [6.45, 7) is 0.776. The van der Waals surface area contributed by atoms with Crippen molar-refractivity contribution >= 4 is 47.0 Å². The number of methoxy groups -OCH3 is 1. The summed E-state index contributed by atoms with van der Waals surface area (Å²) in [4.78, 5) is 52.8. The van der Waals surface area contributed by atoms with Gasteiger partial charge in [0, 0.05) is 72.0 Å². The summed E-state index contributed by atoms with van der Waals surface area (Å²) in [5.74, 6) is -0.193. The van der Waals surface area contributed by atoms with Crippen LogP contribution in [0.15, 0.2) is 73.2 Å². The van der Waals surface area contributed by atoms with E-state index in [0.29, 0.717) is 58.0 Å². The summed E-state index contributed by atoms with van der Waals surface area (Å²) in [6.07, 6.45) is 5.82. The molecule has 3 aromatic heterocycles. The molecule has 1 atom stereocenters. The maximum atomic E-state index is 13.4. The highest BCUT2D eigenvalue weighted by atomic mass is 35.5. The van der Waals surface area contributed by atoms with Gasteiger partial charge in [0.2, 0.25) is 5.91 Å². The van der Waals surface area contributed by atoms with E-state index in [1.54, 1.807) is 72.8 Å². The topological polar surface area (TPSA) is 185 Å². The lowest BCUT2D eigenvalue weighted by Gasteiger charge is -2.19. The molecule has 3 amide bonds. The van der Waals surface area contributed by atoms with Crippen LogP contribution in [0.4, 0.5) is 16.2 Å². The molecular formula is C32H30ClN11O4. The van der Waals surface area contributed by atoms with Gasteiger partial charge in [-0.2, -0.15) is 4.68 Å². The van der Waals surface area contributed by atoms with Crippen LogP contribution in [-0.4, -0.2) is 85.2 Å². The van der Waals surface area contributed by atoms with E-state index in [9.17, 15) is 14.4 Å². The number of halogens is 1. The van der Waals surface area contributed by atoms with Crippen molar-refractivity contribution in [1.82, 2.24) is 45.4 Å². The Hall–Kier alpha value is -6.09. The fourth-order valence-corrected chi connectivity index (χ4v) is 5.31.